The quantitative estimate of drug-likeness (QED) is 0.680. The minimum atomic E-state index is -0.0848. The van der Waals surface area contributed by atoms with Crippen molar-refractivity contribution in [1.82, 2.24) is 10.3 Å². The number of carbonyl (C=O) groups is 1. The molecule has 0 aliphatic heterocycles. The zero-order chi connectivity index (χ0) is 17.8. The average Bonchev–Trinajstić information content (AvgIpc) is 2.98. The lowest BCUT2D eigenvalue weighted by atomic mass is 10.2. The van der Waals surface area contributed by atoms with Gasteiger partial charge in [0.1, 0.15) is 5.52 Å². The molecule has 0 aliphatic carbocycles. The molecule has 128 valence electrons. The lowest BCUT2D eigenvalue weighted by molar-refractivity contribution is -0.119. The zero-order valence-electron chi connectivity index (χ0n) is 14.1. The summed E-state index contributed by atoms with van der Waals surface area (Å²) in [5, 5.41) is 5.94. The molecule has 25 heavy (non-hydrogen) atoms. The van der Waals surface area contributed by atoms with Crippen molar-refractivity contribution >= 4 is 40.0 Å². The van der Waals surface area contributed by atoms with Crippen LogP contribution in [0.2, 0.25) is 0 Å². The minimum absolute atomic E-state index is 0.0848. The number of amides is 1. The van der Waals surface area contributed by atoms with E-state index in [9.17, 15) is 4.79 Å². The molecule has 2 aromatic carbocycles. The summed E-state index contributed by atoms with van der Waals surface area (Å²) in [6.45, 7) is 3.97. The first kappa shape index (κ1) is 17.1. The number of rotatable bonds is 4. The number of thiocarbonyl (C=S) groups is 1. The molecule has 1 amide bonds. The second-order valence-electron chi connectivity index (χ2n) is 5.82. The number of nitrogens with zero attached hydrogens (tertiary/aromatic N) is 1. The van der Waals surface area contributed by atoms with Gasteiger partial charge in [0.25, 0.3) is 0 Å². The molecule has 5 nitrogen and oxygen atoms in total. The summed E-state index contributed by atoms with van der Waals surface area (Å²) in [5.41, 5.74) is 4.42. The van der Waals surface area contributed by atoms with Crippen LogP contribution in [0.1, 0.15) is 25.3 Å². The van der Waals surface area contributed by atoms with Crippen molar-refractivity contribution in [2.75, 3.05) is 5.32 Å². The molecule has 6 heteroatoms. The molecule has 0 saturated heterocycles. The van der Waals surface area contributed by atoms with Crippen LogP contribution in [-0.4, -0.2) is 16.0 Å². The van der Waals surface area contributed by atoms with E-state index in [0.29, 0.717) is 17.4 Å². The van der Waals surface area contributed by atoms with E-state index in [4.69, 9.17) is 16.6 Å². The molecule has 0 saturated carbocycles. The van der Waals surface area contributed by atoms with Crippen LogP contribution in [0.25, 0.3) is 22.6 Å². The van der Waals surface area contributed by atoms with Crippen molar-refractivity contribution in [3.63, 3.8) is 0 Å². The average molecular weight is 353 g/mol. The van der Waals surface area contributed by atoms with Gasteiger partial charge in [0.05, 0.1) is 0 Å². The highest BCUT2D eigenvalue weighted by Crippen LogP contribution is 2.25. The van der Waals surface area contributed by atoms with Crippen LogP contribution in [0, 0.1) is 6.92 Å². The van der Waals surface area contributed by atoms with Crippen LogP contribution in [-0.2, 0) is 4.79 Å². The molecule has 1 aromatic heterocycles. The van der Waals surface area contributed by atoms with Gasteiger partial charge < -0.3 is 15.1 Å². The Bertz CT molecular complexity index is 916. The van der Waals surface area contributed by atoms with Crippen LogP contribution in [0.5, 0.6) is 0 Å². The number of aromatic nitrogens is 1. The first-order chi connectivity index (χ1) is 12.0. The maximum atomic E-state index is 11.5. The molecule has 2 N–H and O–H groups in total. The number of benzene rings is 2. The Kier molecular flexibility index (Phi) is 5.09. The summed E-state index contributed by atoms with van der Waals surface area (Å²) in [6, 6.07) is 13.5. The topological polar surface area (TPSA) is 67.2 Å². The molecule has 1 heterocycles. The molecule has 3 rings (SSSR count). The molecule has 0 radical (unpaired) electrons. The van der Waals surface area contributed by atoms with E-state index in [2.05, 4.69) is 15.6 Å². The van der Waals surface area contributed by atoms with Gasteiger partial charge >= 0.3 is 0 Å². The van der Waals surface area contributed by atoms with Crippen LogP contribution in [0.4, 0.5) is 5.69 Å². The predicted molar refractivity (Wildman–Crippen MR) is 103 cm³/mol. The SMILES string of the molecule is CCCC(=O)NC(=S)Nc1ccc(-c2nc3cc(C)ccc3o2)cc1. The van der Waals surface area contributed by atoms with Crippen molar-refractivity contribution in [1.29, 1.82) is 0 Å². The van der Waals surface area contributed by atoms with Gasteiger partial charge in [-0.2, -0.15) is 0 Å². The Morgan fingerprint density at radius 3 is 2.68 bits per heavy atom. The predicted octanol–water partition coefficient (Wildman–Crippen LogP) is 4.42. The van der Waals surface area contributed by atoms with Crippen molar-refractivity contribution < 1.29 is 9.21 Å². The molecule has 0 fully saturated rings. The van der Waals surface area contributed by atoms with E-state index in [0.717, 1.165) is 34.3 Å². The van der Waals surface area contributed by atoms with Crippen LogP contribution >= 0.6 is 12.2 Å². The fourth-order valence-corrected chi connectivity index (χ4v) is 2.67. The fraction of sp³-hybridized carbons (Fsp3) is 0.211. The molecular formula is C19H19N3O2S. The van der Waals surface area contributed by atoms with Gasteiger partial charge in [0.2, 0.25) is 11.8 Å². The van der Waals surface area contributed by atoms with Crippen molar-refractivity contribution in [2.24, 2.45) is 0 Å². The van der Waals surface area contributed by atoms with E-state index in [-0.39, 0.29) is 5.91 Å². The normalized spacial score (nSPS) is 10.6. The lowest BCUT2D eigenvalue weighted by Gasteiger charge is -2.09. The van der Waals surface area contributed by atoms with Crippen molar-refractivity contribution in [2.45, 2.75) is 26.7 Å². The highest BCUT2D eigenvalue weighted by atomic mass is 32.1. The standard InChI is InChI=1S/C19H19N3O2S/c1-3-4-17(23)22-19(25)20-14-8-6-13(7-9-14)18-21-15-11-12(2)5-10-16(15)24-18/h5-11H,3-4H2,1-2H3,(H2,20,22,23,25). The minimum Gasteiger partial charge on any atom is -0.436 e. The van der Waals surface area contributed by atoms with E-state index in [1.165, 1.54) is 0 Å². The van der Waals surface area contributed by atoms with E-state index in [1.54, 1.807) is 0 Å². The maximum absolute atomic E-state index is 11.5. The molecule has 0 unspecified atom stereocenters. The Morgan fingerprint density at radius 1 is 1.20 bits per heavy atom. The summed E-state index contributed by atoms with van der Waals surface area (Å²) in [5.74, 6) is 0.490. The molecule has 0 atom stereocenters. The summed E-state index contributed by atoms with van der Waals surface area (Å²) in [4.78, 5) is 16.1. The van der Waals surface area contributed by atoms with Gasteiger partial charge in [-0.05, 0) is 67.5 Å². The fourth-order valence-electron chi connectivity index (χ4n) is 2.44. The number of nitrogens with one attached hydrogen (secondary N) is 2. The van der Waals surface area contributed by atoms with Crippen LogP contribution in [0.15, 0.2) is 46.9 Å². The summed E-state index contributed by atoms with van der Waals surface area (Å²) >= 11 is 5.13. The van der Waals surface area contributed by atoms with Crippen LogP contribution in [0.3, 0.4) is 0 Å². The third kappa shape index (κ3) is 4.22. The number of hydrogen-bond acceptors (Lipinski definition) is 4. The highest BCUT2D eigenvalue weighted by molar-refractivity contribution is 7.80. The third-order valence-corrected chi connectivity index (χ3v) is 3.87. The molecular weight excluding hydrogens is 334 g/mol. The second-order valence-corrected chi connectivity index (χ2v) is 6.23. The van der Waals surface area contributed by atoms with Gasteiger partial charge in [0.15, 0.2) is 10.7 Å². The zero-order valence-corrected chi connectivity index (χ0v) is 14.9. The van der Waals surface area contributed by atoms with Gasteiger partial charge in [-0.25, -0.2) is 4.98 Å². The van der Waals surface area contributed by atoms with Crippen molar-refractivity contribution in [3.8, 4) is 11.5 Å². The number of aryl methyl sites for hydroxylation is 1. The highest BCUT2D eigenvalue weighted by Gasteiger charge is 2.09. The van der Waals surface area contributed by atoms with Gasteiger partial charge in [0, 0.05) is 17.7 Å². The number of anilines is 1. The van der Waals surface area contributed by atoms with Crippen molar-refractivity contribution in [3.05, 3.63) is 48.0 Å². The van der Waals surface area contributed by atoms with Gasteiger partial charge in [-0.3, -0.25) is 4.79 Å². The summed E-state index contributed by atoms with van der Waals surface area (Å²) in [7, 11) is 0. The Morgan fingerprint density at radius 2 is 1.96 bits per heavy atom. The van der Waals surface area contributed by atoms with E-state index < -0.39 is 0 Å². The number of fused-ring (bicyclic) bond motifs is 1. The monoisotopic (exact) mass is 353 g/mol. The number of hydrogen-bond donors (Lipinski definition) is 2. The Hall–Kier alpha value is -2.73. The Labute approximate surface area is 151 Å². The van der Waals surface area contributed by atoms with Crippen LogP contribution < -0.4 is 10.6 Å². The molecule has 0 aliphatic rings. The molecule has 3 aromatic rings. The first-order valence-corrected chi connectivity index (χ1v) is 8.54. The lowest BCUT2D eigenvalue weighted by Crippen LogP contribution is -2.33. The third-order valence-electron chi connectivity index (χ3n) is 3.66. The van der Waals surface area contributed by atoms with Gasteiger partial charge in [-0.1, -0.05) is 13.0 Å². The number of carbonyl (C=O) groups excluding carboxylic acids is 1. The molecule has 0 spiro atoms. The molecule has 0 bridgehead atoms. The maximum Gasteiger partial charge on any atom is 0.227 e. The summed E-state index contributed by atoms with van der Waals surface area (Å²) in [6.07, 6.45) is 1.24. The van der Waals surface area contributed by atoms with E-state index in [1.807, 2.05) is 56.3 Å². The first-order valence-electron chi connectivity index (χ1n) is 8.13. The Balaban J connectivity index is 1.71. The largest absolute Gasteiger partial charge is 0.436 e. The smallest absolute Gasteiger partial charge is 0.227 e. The second kappa shape index (κ2) is 7.44. The number of oxazole rings is 1. The van der Waals surface area contributed by atoms with E-state index >= 15 is 0 Å². The van der Waals surface area contributed by atoms with Gasteiger partial charge in [-0.15, -0.1) is 0 Å². The summed E-state index contributed by atoms with van der Waals surface area (Å²) < 4.78 is 5.80.